The number of esters is 2. The van der Waals surface area contributed by atoms with Crippen LogP contribution >= 0.6 is 0 Å². The van der Waals surface area contributed by atoms with E-state index >= 15 is 0 Å². The molecule has 0 bridgehead atoms. The van der Waals surface area contributed by atoms with Crippen LogP contribution in [0.25, 0.3) is 6.08 Å². The predicted molar refractivity (Wildman–Crippen MR) is 108 cm³/mol. The largest absolute Gasteiger partial charge is 0.493 e. The Morgan fingerprint density at radius 2 is 1.87 bits per heavy atom. The molecule has 0 spiro atoms. The lowest BCUT2D eigenvalue weighted by Crippen LogP contribution is -2.08. The fraction of sp³-hybridized carbons (Fsp3) is 0.0870. The summed E-state index contributed by atoms with van der Waals surface area (Å²) in [5.41, 5.74) is 2.60. The average Bonchev–Trinajstić information content (AvgIpc) is 3.40. The van der Waals surface area contributed by atoms with Crippen LogP contribution in [0.4, 0.5) is 0 Å². The fourth-order valence-corrected chi connectivity index (χ4v) is 2.79. The molecule has 0 amide bonds. The monoisotopic (exact) mass is 403 g/mol. The first-order valence-electron chi connectivity index (χ1n) is 9.07. The molecule has 0 saturated heterocycles. The van der Waals surface area contributed by atoms with Gasteiger partial charge < -0.3 is 18.6 Å². The number of methoxy groups -OCH3 is 1. The van der Waals surface area contributed by atoms with Gasteiger partial charge in [-0.2, -0.15) is 0 Å². The Morgan fingerprint density at radius 1 is 1.07 bits per heavy atom. The second-order valence-corrected chi connectivity index (χ2v) is 6.48. The number of ether oxygens (including phenoxy) is 3. The fourth-order valence-electron chi connectivity index (χ4n) is 2.79. The molecule has 0 fully saturated rings. The van der Waals surface area contributed by atoms with E-state index in [2.05, 4.69) is 4.99 Å². The van der Waals surface area contributed by atoms with Crippen LogP contribution < -0.4 is 9.47 Å². The summed E-state index contributed by atoms with van der Waals surface area (Å²) in [5.74, 6) is -0.316. The molecule has 2 heterocycles. The van der Waals surface area contributed by atoms with Crippen molar-refractivity contribution in [2.75, 3.05) is 7.11 Å². The highest BCUT2D eigenvalue weighted by Crippen LogP contribution is 2.30. The number of carbonyl (C=O) groups excluding carboxylic acids is 2. The number of rotatable bonds is 5. The summed E-state index contributed by atoms with van der Waals surface area (Å²) in [5, 5.41) is 0. The van der Waals surface area contributed by atoms with Crippen molar-refractivity contribution in [1.82, 2.24) is 0 Å². The van der Waals surface area contributed by atoms with Crippen molar-refractivity contribution >= 4 is 23.9 Å². The molecule has 4 rings (SSSR count). The number of benzene rings is 2. The van der Waals surface area contributed by atoms with Gasteiger partial charge in [0.05, 0.1) is 13.4 Å². The third kappa shape index (κ3) is 4.00. The van der Waals surface area contributed by atoms with Crippen molar-refractivity contribution in [3.8, 4) is 11.5 Å². The summed E-state index contributed by atoms with van der Waals surface area (Å²) in [6.45, 7) is 1.97. The highest BCUT2D eigenvalue weighted by Gasteiger charge is 2.24. The van der Waals surface area contributed by atoms with Crippen molar-refractivity contribution in [2.24, 2.45) is 4.99 Å². The first-order valence-corrected chi connectivity index (χ1v) is 9.07. The predicted octanol–water partition coefficient (Wildman–Crippen LogP) is 4.16. The summed E-state index contributed by atoms with van der Waals surface area (Å²) < 4.78 is 20.9. The Morgan fingerprint density at radius 3 is 2.57 bits per heavy atom. The van der Waals surface area contributed by atoms with Crippen molar-refractivity contribution in [1.29, 1.82) is 0 Å². The Kier molecular flexibility index (Phi) is 5.17. The summed E-state index contributed by atoms with van der Waals surface area (Å²) >= 11 is 0. The summed E-state index contributed by atoms with van der Waals surface area (Å²) in [7, 11) is 1.45. The second-order valence-electron chi connectivity index (χ2n) is 6.48. The molecule has 0 unspecified atom stereocenters. The van der Waals surface area contributed by atoms with Crippen LogP contribution in [-0.4, -0.2) is 24.9 Å². The molecule has 1 aliphatic heterocycles. The molecule has 0 atom stereocenters. The van der Waals surface area contributed by atoms with E-state index in [0.29, 0.717) is 11.3 Å². The number of hydrogen-bond acceptors (Lipinski definition) is 7. The van der Waals surface area contributed by atoms with Gasteiger partial charge in [0, 0.05) is 5.56 Å². The van der Waals surface area contributed by atoms with Crippen LogP contribution in [-0.2, 0) is 9.53 Å². The third-order valence-electron chi connectivity index (χ3n) is 4.34. The Labute approximate surface area is 172 Å². The maximum atomic E-state index is 12.2. The Hall–Kier alpha value is -4.13. The minimum Gasteiger partial charge on any atom is -0.493 e. The average molecular weight is 403 g/mol. The molecule has 150 valence electrons. The highest BCUT2D eigenvalue weighted by molar-refractivity contribution is 6.12. The van der Waals surface area contributed by atoms with Gasteiger partial charge in [0.2, 0.25) is 11.7 Å². The topological polar surface area (TPSA) is 87.3 Å². The molecular formula is C23H17NO6. The van der Waals surface area contributed by atoms with Gasteiger partial charge in [-0.25, -0.2) is 14.6 Å². The smallest absolute Gasteiger partial charge is 0.379 e. The van der Waals surface area contributed by atoms with Gasteiger partial charge in [-0.1, -0.05) is 23.8 Å². The van der Waals surface area contributed by atoms with Crippen molar-refractivity contribution in [3.63, 3.8) is 0 Å². The normalized spacial score (nSPS) is 14.4. The number of carbonyl (C=O) groups is 2. The van der Waals surface area contributed by atoms with Gasteiger partial charge >= 0.3 is 11.9 Å². The third-order valence-corrected chi connectivity index (χ3v) is 4.34. The summed E-state index contributed by atoms with van der Waals surface area (Å²) in [6.07, 6.45) is 2.96. The van der Waals surface area contributed by atoms with E-state index in [4.69, 9.17) is 18.6 Å². The van der Waals surface area contributed by atoms with E-state index in [-0.39, 0.29) is 23.1 Å². The van der Waals surface area contributed by atoms with Gasteiger partial charge in [-0.05, 0) is 55.0 Å². The van der Waals surface area contributed by atoms with E-state index < -0.39 is 11.9 Å². The lowest BCUT2D eigenvalue weighted by molar-refractivity contribution is -0.129. The zero-order chi connectivity index (χ0) is 21.1. The molecule has 1 aliphatic rings. The molecule has 0 aliphatic carbocycles. The van der Waals surface area contributed by atoms with E-state index in [0.717, 1.165) is 11.1 Å². The van der Waals surface area contributed by atoms with E-state index in [1.807, 2.05) is 31.2 Å². The molecule has 2 aromatic carbocycles. The maximum Gasteiger partial charge on any atom is 0.379 e. The van der Waals surface area contributed by atoms with Crippen LogP contribution in [0.2, 0.25) is 0 Å². The van der Waals surface area contributed by atoms with E-state index in [1.165, 1.54) is 19.4 Å². The van der Waals surface area contributed by atoms with Crippen LogP contribution in [0.3, 0.4) is 0 Å². The molecule has 0 N–H and O–H groups in total. The molecule has 0 saturated carbocycles. The van der Waals surface area contributed by atoms with E-state index in [9.17, 15) is 9.59 Å². The van der Waals surface area contributed by atoms with Crippen LogP contribution in [0.5, 0.6) is 11.5 Å². The van der Waals surface area contributed by atoms with Crippen molar-refractivity contribution in [3.05, 3.63) is 89.0 Å². The van der Waals surface area contributed by atoms with Gasteiger partial charge in [0.1, 0.15) is 0 Å². The Bertz CT molecular complexity index is 1160. The van der Waals surface area contributed by atoms with Gasteiger partial charge in [-0.15, -0.1) is 0 Å². The zero-order valence-electron chi connectivity index (χ0n) is 16.2. The molecule has 30 heavy (non-hydrogen) atoms. The standard InChI is InChI=1S/C23H17NO6/c1-14-5-8-16(9-6-14)21-24-17(22(25)30-21)12-15-7-10-18(20(13-15)27-2)29-23(26)19-4-3-11-28-19/h3-13H,1-2H3/b17-12+. The van der Waals surface area contributed by atoms with Crippen LogP contribution in [0, 0.1) is 6.92 Å². The molecule has 1 aromatic heterocycles. The lowest BCUT2D eigenvalue weighted by Gasteiger charge is -2.09. The Balaban J connectivity index is 1.58. The van der Waals surface area contributed by atoms with Crippen molar-refractivity contribution < 1.29 is 28.2 Å². The number of hydrogen-bond donors (Lipinski definition) is 0. The minimum atomic E-state index is -0.642. The number of furan rings is 1. The molecular weight excluding hydrogens is 386 g/mol. The number of aryl methyl sites for hydroxylation is 1. The maximum absolute atomic E-state index is 12.2. The molecule has 7 nitrogen and oxygen atoms in total. The first kappa shape index (κ1) is 19.2. The van der Waals surface area contributed by atoms with Gasteiger partial charge in [0.25, 0.3) is 0 Å². The SMILES string of the molecule is COc1cc(/C=C2/N=C(c3ccc(C)cc3)OC2=O)ccc1OC(=O)c1ccco1. The van der Waals surface area contributed by atoms with Crippen LogP contribution in [0.15, 0.2) is 76.0 Å². The molecule has 7 heteroatoms. The van der Waals surface area contributed by atoms with Crippen molar-refractivity contribution in [2.45, 2.75) is 6.92 Å². The lowest BCUT2D eigenvalue weighted by atomic mass is 10.1. The molecule has 3 aromatic rings. The zero-order valence-corrected chi connectivity index (χ0v) is 16.2. The number of nitrogens with zero attached hydrogens (tertiary/aromatic N) is 1. The quantitative estimate of drug-likeness (QED) is 0.361. The molecule has 0 radical (unpaired) electrons. The number of aliphatic imine (C=N–C) groups is 1. The van der Waals surface area contributed by atoms with E-state index in [1.54, 1.807) is 30.3 Å². The summed E-state index contributed by atoms with van der Waals surface area (Å²) in [4.78, 5) is 28.6. The minimum absolute atomic E-state index is 0.0786. The highest BCUT2D eigenvalue weighted by atomic mass is 16.6. The second kappa shape index (κ2) is 8.08. The summed E-state index contributed by atoms with van der Waals surface area (Å²) in [6, 6.07) is 15.5. The first-order chi connectivity index (χ1) is 14.5. The van der Waals surface area contributed by atoms with Gasteiger partial charge in [0.15, 0.2) is 17.2 Å². The van der Waals surface area contributed by atoms with Gasteiger partial charge in [-0.3, -0.25) is 0 Å². The van der Waals surface area contributed by atoms with Crippen LogP contribution in [0.1, 0.15) is 27.2 Å². The number of cyclic esters (lactones) is 1.